The van der Waals surface area contributed by atoms with E-state index >= 15 is 0 Å². The maximum Gasteiger partial charge on any atom is 0.251 e. The van der Waals surface area contributed by atoms with Crippen molar-refractivity contribution in [2.24, 2.45) is 0 Å². The van der Waals surface area contributed by atoms with Crippen molar-refractivity contribution in [2.45, 2.75) is 39.2 Å². The lowest BCUT2D eigenvalue weighted by Crippen LogP contribution is -2.28. The Morgan fingerprint density at radius 1 is 1.07 bits per heavy atom. The van der Waals surface area contributed by atoms with Gasteiger partial charge in [-0.25, -0.2) is 0 Å². The van der Waals surface area contributed by atoms with Crippen LogP contribution >= 0.6 is 0 Å². The number of benzene rings is 2. The molecule has 1 fully saturated rings. The van der Waals surface area contributed by atoms with Gasteiger partial charge in [0.15, 0.2) is 0 Å². The fraction of sp³-hybridized carbons (Fsp3) is 0.435. The highest BCUT2D eigenvalue weighted by molar-refractivity contribution is 5.94. The number of hydrogen-bond acceptors (Lipinski definition) is 3. The van der Waals surface area contributed by atoms with Crippen LogP contribution in [0.25, 0.3) is 0 Å². The summed E-state index contributed by atoms with van der Waals surface area (Å²) in [6, 6.07) is 16.0. The second-order valence-electron chi connectivity index (χ2n) is 7.48. The molecule has 1 heterocycles. The smallest absolute Gasteiger partial charge is 0.251 e. The van der Waals surface area contributed by atoms with E-state index in [9.17, 15) is 4.79 Å². The summed E-state index contributed by atoms with van der Waals surface area (Å²) in [5.74, 6) is 1.26. The molecular weight excluding hydrogens is 336 g/mol. The molecule has 1 aliphatic heterocycles. The van der Waals surface area contributed by atoms with E-state index in [1.54, 1.807) is 0 Å². The molecule has 0 aliphatic carbocycles. The predicted molar refractivity (Wildman–Crippen MR) is 109 cm³/mol. The lowest BCUT2D eigenvalue weighted by Gasteiger charge is -2.15. The third kappa shape index (κ3) is 5.57. The molecule has 0 saturated carbocycles. The number of likely N-dealkylation sites (tertiary alicyclic amines) is 1. The number of rotatable bonds is 8. The van der Waals surface area contributed by atoms with Crippen molar-refractivity contribution < 1.29 is 9.53 Å². The number of amides is 1. The van der Waals surface area contributed by atoms with Crippen LogP contribution in [-0.4, -0.2) is 37.0 Å². The molecule has 1 saturated heterocycles. The summed E-state index contributed by atoms with van der Waals surface area (Å²) in [6.45, 7) is 8.59. The quantitative estimate of drug-likeness (QED) is 0.712. The zero-order valence-electron chi connectivity index (χ0n) is 16.4. The summed E-state index contributed by atoms with van der Waals surface area (Å²) in [4.78, 5) is 14.8. The molecule has 2 aromatic carbocycles. The van der Waals surface area contributed by atoms with Gasteiger partial charge in [-0.05, 0) is 61.2 Å². The fourth-order valence-electron chi connectivity index (χ4n) is 3.48. The van der Waals surface area contributed by atoms with Crippen LogP contribution in [0.15, 0.2) is 48.5 Å². The molecule has 1 N–H and O–H groups in total. The first-order chi connectivity index (χ1) is 13.1. The average molecular weight is 367 g/mol. The van der Waals surface area contributed by atoms with Crippen LogP contribution in [0.1, 0.15) is 54.1 Å². The minimum absolute atomic E-state index is 0.0523. The average Bonchev–Trinajstić information content (AvgIpc) is 3.19. The van der Waals surface area contributed by atoms with E-state index in [0.717, 1.165) is 12.3 Å². The second-order valence-corrected chi connectivity index (χ2v) is 7.48. The number of nitrogens with one attached hydrogen (secondary N) is 1. The van der Waals surface area contributed by atoms with E-state index < -0.39 is 0 Å². The van der Waals surface area contributed by atoms with Gasteiger partial charge >= 0.3 is 0 Å². The summed E-state index contributed by atoms with van der Waals surface area (Å²) in [5.41, 5.74) is 3.15. The first kappa shape index (κ1) is 19.4. The molecule has 3 rings (SSSR count). The van der Waals surface area contributed by atoms with Crippen LogP contribution < -0.4 is 10.1 Å². The van der Waals surface area contributed by atoms with Gasteiger partial charge in [0.25, 0.3) is 5.91 Å². The van der Waals surface area contributed by atoms with E-state index in [1.807, 2.05) is 30.3 Å². The SMILES string of the molecule is CC(C)c1ccccc1OCCNC(=O)c1ccc(CN2CCCC2)cc1. The summed E-state index contributed by atoms with van der Waals surface area (Å²) in [6.07, 6.45) is 2.59. The van der Waals surface area contributed by atoms with E-state index in [-0.39, 0.29) is 5.91 Å². The standard InChI is InChI=1S/C23H30N2O2/c1-18(2)21-7-3-4-8-22(21)27-16-13-24-23(26)20-11-9-19(10-12-20)17-25-14-5-6-15-25/h3-4,7-12,18H,5-6,13-17H2,1-2H3,(H,24,26). The fourth-order valence-corrected chi connectivity index (χ4v) is 3.48. The molecule has 0 atom stereocenters. The van der Waals surface area contributed by atoms with Gasteiger partial charge in [-0.15, -0.1) is 0 Å². The van der Waals surface area contributed by atoms with E-state index in [0.29, 0.717) is 24.6 Å². The molecule has 0 unspecified atom stereocenters. The van der Waals surface area contributed by atoms with Gasteiger partial charge in [-0.1, -0.05) is 44.2 Å². The zero-order chi connectivity index (χ0) is 19.1. The molecule has 1 aliphatic rings. The van der Waals surface area contributed by atoms with Crippen molar-refractivity contribution in [2.75, 3.05) is 26.2 Å². The molecule has 0 aromatic heterocycles. The Hall–Kier alpha value is -2.33. The maximum atomic E-state index is 12.3. The molecular formula is C23H30N2O2. The minimum Gasteiger partial charge on any atom is -0.491 e. The summed E-state index contributed by atoms with van der Waals surface area (Å²) in [5, 5.41) is 2.94. The van der Waals surface area contributed by atoms with Crippen LogP contribution in [-0.2, 0) is 6.54 Å². The van der Waals surface area contributed by atoms with Crippen LogP contribution in [0.5, 0.6) is 5.75 Å². The van der Waals surface area contributed by atoms with E-state index in [4.69, 9.17) is 4.74 Å². The Bertz CT molecular complexity index is 734. The first-order valence-corrected chi connectivity index (χ1v) is 9.94. The molecule has 0 radical (unpaired) electrons. The third-order valence-electron chi connectivity index (χ3n) is 5.01. The Morgan fingerprint density at radius 3 is 2.48 bits per heavy atom. The van der Waals surface area contributed by atoms with E-state index in [1.165, 1.54) is 37.1 Å². The van der Waals surface area contributed by atoms with Crippen LogP contribution in [0.3, 0.4) is 0 Å². The number of carbonyl (C=O) groups is 1. The molecule has 2 aromatic rings. The number of ether oxygens (including phenoxy) is 1. The summed E-state index contributed by atoms with van der Waals surface area (Å²) >= 11 is 0. The van der Waals surface area contributed by atoms with Crippen molar-refractivity contribution in [1.82, 2.24) is 10.2 Å². The van der Waals surface area contributed by atoms with Crippen molar-refractivity contribution >= 4 is 5.91 Å². The number of nitrogens with zero attached hydrogens (tertiary/aromatic N) is 1. The minimum atomic E-state index is -0.0523. The van der Waals surface area contributed by atoms with Gasteiger partial charge < -0.3 is 10.1 Å². The molecule has 4 heteroatoms. The van der Waals surface area contributed by atoms with Gasteiger partial charge in [0, 0.05) is 12.1 Å². The van der Waals surface area contributed by atoms with Crippen LogP contribution in [0.2, 0.25) is 0 Å². The van der Waals surface area contributed by atoms with E-state index in [2.05, 4.69) is 42.3 Å². The topological polar surface area (TPSA) is 41.6 Å². The van der Waals surface area contributed by atoms with Crippen molar-refractivity contribution in [3.63, 3.8) is 0 Å². The Labute approximate surface area is 162 Å². The highest BCUT2D eigenvalue weighted by Gasteiger charge is 2.12. The molecule has 0 spiro atoms. The first-order valence-electron chi connectivity index (χ1n) is 9.94. The zero-order valence-corrected chi connectivity index (χ0v) is 16.4. The number of para-hydroxylation sites is 1. The maximum absolute atomic E-state index is 12.3. The molecule has 0 bridgehead atoms. The van der Waals surface area contributed by atoms with Gasteiger partial charge in [-0.2, -0.15) is 0 Å². The van der Waals surface area contributed by atoms with Crippen LogP contribution in [0, 0.1) is 0 Å². The normalized spacial score (nSPS) is 14.5. The number of hydrogen-bond donors (Lipinski definition) is 1. The lowest BCUT2D eigenvalue weighted by molar-refractivity contribution is 0.0947. The highest BCUT2D eigenvalue weighted by atomic mass is 16.5. The Balaban J connectivity index is 1.44. The molecule has 4 nitrogen and oxygen atoms in total. The van der Waals surface area contributed by atoms with Crippen molar-refractivity contribution in [3.8, 4) is 5.75 Å². The monoisotopic (exact) mass is 366 g/mol. The van der Waals surface area contributed by atoms with Crippen LogP contribution in [0.4, 0.5) is 0 Å². The predicted octanol–water partition coefficient (Wildman–Crippen LogP) is 4.21. The van der Waals surface area contributed by atoms with Gasteiger partial charge in [0.05, 0.1) is 6.54 Å². The van der Waals surface area contributed by atoms with Gasteiger partial charge in [0.2, 0.25) is 0 Å². The lowest BCUT2D eigenvalue weighted by atomic mass is 10.0. The van der Waals surface area contributed by atoms with Crippen molar-refractivity contribution in [1.29, 1.82) is 0 Å². The number of carbonyl (C=O) groups excluding carboxylic acids is 1. The van der Waals surface area contributed by atoms with Crippen molar-refractivity contribution in [3.05, 3.63) is 65.2 Å². The summed E-state index contributed by atoms with van der Waals surface area (Å²) < 4.78 is 5.86. The Kier molecular flexibility index (Phi) is 6.88. The van der Waals surface area contributed by atoms with Gasteiger partial charge in [-0.3, -0.25) is 9.69 Å². The second kappa shape index (κ2) is 9.56. The highest BCUT2D eigenvalue weighted by Crippen LogP contribution is 2.25. The van der Waals surface area contributed by atoms with Gasteiger partial charge in [0.1, 0.15) is 12.4 Å². The largest absolute Gasteiger partial charge is 0.491 e. The Morgan fingerprint density at radius 2 is 1.78 bits per heavy atom. The molecule has 144 valence electrons. The molecule has 1 amide bonds. The summed E-state index contributed by atoms with van der Waals surface area (Å²) in [7, 11) is 0. The third-order valence-corrected chi connectivity index (χ3v) is 5.01. The molecule has 27 heavy (non-hydrogen) atoms.